The summed E-state index contributed by atoms with van der Waals surface area (Å²) in [7, 11) is 0. The molecule has 0 radical (unpaired) electrons. The van der Waals surface area contributed by atoms with E-state index in [1.807, 2.05) is 0 Å². The van der Waals surface area contributed by atoms with Crippen LogP contribution in [0.4, 0.5) is 5.69 Å². The second-order valence-electron chi connectivity index (χ2n) is 4.43. The van der Waals surface area contributed by atoms with Crippen molar-refractivity contribution in [3.05, 3.63) is 34.4 Å². The number of nitrogens with one attached hydrogen (secondary N) is 1. The summed E-state index contributed by atoms with van der Waals surface area (Å²) in [6.07, 6.45) is -1.36. The number of hydrogen-bond acceptors (Lipinski definition) is 4. The summed E-state index contributed by atoms with van der Waals surface area (Å²) >= 11 is 17.3. The number of carbonyl (C=O) groups excluding carboxylic acids is 1. The van der Waals surface area contributed by atoms with Gasteiger partial charge in [0, 0.05) is 12.0 Å². The molecule has 9 heteroatoms. The molecule has 0 aromatic heterocycles. The minimum Gasteiger partial charge on any atom is -0.459 e. The van der Waals surface area contributed by atoms with Crippen molar-refractivity contribution < 1.29 is 14.5 Å². The van der Waals surface area contributed by atoms with Gasteiger partial charge < -0.3 is 10.1 Å². The molecule has 0 saturated carbocycles. The average molecular weight is 356 g/mol. The van der Waals surface area contributed by atoms with Gasteiger partial charge in [0.1, 0.15) is 0 Å². The minimum atomic E-state index is -1.99. The van der Waals surface area contributed by atoms with Crippen molar-refractivity contribution in [2.45, 2.75) is 23.9 Å². The first-order chi connectivity index (χ1) is 9.62. The molecule has 0 aliphatic heterocycles. The Morgan fingerprint density at radius 1 is 1.33 bits per heavy atom. The Balaban J connectivity index is 3.03. The largest absolute Gasteiger partial charge is 0.459 e. The molecular weight excluding hydrogens is 343 g/mol. The molecule has 1 rings (SSSR count). The van der Waals surface area contributed by atoms with Crippen LogP contribution in [-0.4, -0.2) is 20.9 Å². The van der Waals surface area contributed by atoms with Crippen molar-refractivity contribution >= 4 is 46.4 Å². The Hall–Kier alpha value is -1.24. The van der Waals surface area contributed by atoms with E-state index in [0.29, 0.717) is 0 Å². The van der Waals surface area contributed by atoms with Crippen LogP contribution in [-0.2, 0) is 4.79 Å². The van der Waals surface area contributed by atoms with Crippen LogP contribution >= 0.6 is 34.8 Å². The lowest BCUT2D eigenvalue weighted by molar-refractivity contribution is -0.386. The van der Waals surface area contributed by atoms with Gasteiger partial charge in [-0.3, -0.25) is 14.9 Å². The Labute approximate surface area is 136 Å². The van der Waals surface area contributed by atoms with Gasteiger partial charge in [0.15, 0.2) is 5.75 Å². The monoisotopic (exact) mass is 354 g/mol. The lowest BCUT2D eigenvalue weighted by atomic mass is 10.2. The molecule has 0 spiro atoms. The highest BCUT2D eigenvalue weighted by Gasteiger charge is 2.37. The number of halogens is 3. The highest BCUT2D eigenvalue weighted by molar-refractivity contribution is 6.68. The fourth-order valence-electron chi connectivity index (χ4n) is 1.31. The summed E-state index contributed by atoms with van der Waals surface area (Å²) in [5.74, 6) is -0.887. The van der Waals surface area contributed by atoms with E-state index in [1.54, 1.807) is 13.8 Å². The van der Waals surface area contributed by atoms with E-state index in [2.05, 4.69) is 5.32 Å². The van der Waals surface area contributed by atoms with E-state index in [0.717, 1.165) is 0 Å². The van der Waals surface area contributed by atoms with Crippen molar-refractivity contribution in [2.24, 2.45) is 5.92 Å². The molecule has 0 aliphatic carbocycles. The van der Waals surface area contributed by atoms with Crippen LogP contribution in [0, 0.1) is 16.0 Å². The summed E-state index contributed by atoms with van der Waals surface area (Å²) in [5.41, 5.74) is -0.296. The number of ether oxygens (including phenoxy) is 1. The van der Waals surface area contributed by atoms with Crippen molar-refractivity contribution in [1.82, 2.24) is 5.32 Å². The van der Waals surface area contributed by atoms with Crippen LogP contribution in [0.15, 0.2) is 24.3 Å². The van der Waals surface area contributed by atoms with Crippen molar-refractivity contribution in [3.8, 4) is 5.75 Å². The highest BCUT2D eigenvalue weighted by atomic mass is 35.6. The SMILES string of the molecule is CC(C)C(=O)NC(Oc1ccccc1[N+](=O)[O-])C(Cl)(Cl)Cl. The summed E-state index contributed by atoms with van der Waals surface area (Å²) in [6.45, 7) is 3.30. The first-order valence-corrected chi connectivity index (χ1v) is 7.03. The number of rotatable bonds is 5. The van der Waals surface area contributed by atoms with E-state index in [-0.39, 0.29) is 17.4 Å². The summed E-state index contributed by atoms with van der Waals surface area (Å²) in [4.78, 5) is 22.0. The normalized spacial score (nSPS) is 12.9. The standard InChI is InChI=1S/C12H13Cl3N2O4/c1-7(2)10(18)16-11(12(13,14)15)21-9-6-4-3-5-8(9)17(19)20/h3-7,11H,1-2H3,(H,16,18). The zero-order chi connectivity index (χ0) is 16.2. The first kappa shape index (κ1) is 17.8. The summed E-state index contributed by atoms with van der Waals surface area (Å²) in [6, 6.07) is 5.60. The minimum absolute atomic E-state index is 0.108. The molecule has 0 saturated heterocycles. The lowest BCUT2D eigenvalue weighted by Gasteiger charge is -2.26. The van der Waals surface area contributed by atoms with Crippen LogP contribution in [0.1, 0.15) is 13.8 Å². The van der Waals surface area contributed by atoms with Gasteiger partial charge in [-0.25, -0.2) is 0 Å². The predicted molar refractivity (Wildman–Crippen MR) is 80.8 cm³/mol. The number of amides is 1. The zero-order valence-electron chi connectivity index (χ0n) is 11.2. The van der Waals surface area contributed by atoms with E-state index in [4.69, 9.17) is 39.5 Å². The third kappa shape index (κ3) is 5.22. The van der Waals surface area contributed by atoms with Crippen molar-refractivity contribution in [2.75, 3.05) is 0 Å². The predicted octanol–water partition coefficient (Wildman–Crippen LogP) is 3.44. The van der Waals surface area contributed by atoms with Gasteiger partial charge in [0.25, 0.3) is 0 Å². The van der Waals surface area contributed by atoms with E-state index < -0.39 is 20.9 Å². The molecule has 0 aliphatic rings. The molecular formula is C12H13Cl3N2O4. The third-order valence-electron chi connectivity index (χ3n) is 2.40. The molecule has 0 bridgehead atoms. The van der Waals surface area contributed by atoms with Crippen LogP contribution in [0.25, 0.3) is 0 Å². The Kier molecular flexibility index (Phi) is 6.07. The van der Waals surface area contributed by atoms with Crippen LogP contribution in [0.3, 0.4) is 0 Å². The molecule has 116 valence electrons. The Bertz CT molecular complexity index is 531. The number of nitro groups is 1. The summed E-state index contributed by atoms with van der Waals surface area (Å²) in [5, 5.41) is 13.3. The fraction of sp³-hybridized carbons (Fsp3) is 0.417. The van der Waals surface area contributed by atoms with Gasteiger partial charge in [-0.2, -0.15) is 0 Å². The third-order valence-corrected chi connectivity index (χ3v) is 3.00. The molecule has 1 atom stereocenters. The smallest absolute Gasteiger partial charge is 0.311 e. The second-order valence-corrected chi connectivity index (χ2v) is 6.80. The van der Waals surface area contributed by atoms with E-state index >= 15 is 0 Å². The maximum atomic E-state index is 11.7. The van der Waals surface area contributed by atoms with Crippen LogP contribution < -0.4 is 10.1 Å². The van der Waals surface area contributed by atoms with Gasteiger partial charge >= 0.3 is 5.69 Å². The Morgan fingerprint density at radius 3 is 2.38 bits per heavy atom. The molecule has 1 aromatic rings. The van der Waals surface area contributed by atoms with E-state index in [9.17, 15) is 14.9 Å². The first-order valence-electron chi connectivity index (χ1n) is 5.90. The molecule has 1 unspecified atom stereocenters. The van der Waals surface area contributed by atoms with Crippen LogP contribution in [0.5, 0.6) is 5.75 Å². The molecule has 1 aromatic carbocycles. The highest BCUT2D eigenvalue weighted by Crippen LogP contribution is 2.34. The molecule has 21 heavy (non-hydrogen) atoms. The maximum absolute atomic E-state index is 11.7. The molecule has 1 N–H and O–H groups in total. The average Bonchev–Trinajstić information content (AvgIpc) is 2.36. The number of benzene rings is 1. The van der Waals surface area contributed by atoms with Gasteiger partial charge in [-0.05, 0) is 6.07 Å². The Morgan fingerprint density at radius 2 is 1.90 bits per heavy atom. The summed E-state index contributed by atoms with van der Waals surface area (Å²) < 4.78 is 3.33. The number of nitro benzene ring substituents is 1. The van der Waals surface area contributed by atoms with Gasteiger partial charge in [0.2, 0.25) is 15.9 Å². The van der Waals surface area contributed by atoms with Crippen LogP contribution in [0.2, 0.25) is 0 Å². The molecule has 0 fully saturated rings. The molecule has 0 heterocycles. The van der Waals surface area contributed by atoms with Gasteiger partial charge in [-0.15, -0.1) is 0 Å². The number of carbonyl (C=O) groups is 1. The quantitative estimate of drug-likeness (QED) is 0.380. The molecule has 6 nitrogen and oxygen atoms in total. The maximum Gasteiger partial charge on any atom is 0.311 e. The number of para-hydroxylation sites is 2. The lowest BCUT2D eigenvalue weighted by Crippen LogP contribution is -2.49. The van der Waals surface area contributed by atoms with Gasteiger partial charge in [0.05, 0.1) is 4.92 Å². The number of hydrogen-bond donors (Lipinski definition) is 1. The van der Waals surface area contributed by atoms with Crippen molar-refractivity contribution in [1.29, 1.82) is 0 Å². The van der Waals surface area contributed by atoms with Crippen molar-refractivity contribution in [3.63, 3.8) is 0 Å². The number of nitrogens with zero attached hydrogens (tertiary/aromatic N) is 1. The fourth-order valence-corrected chi connectivity index (χ4v) is 1.61. The topological polar surface area (TPSA) is 81.5 Å². The second kappa shape index (κ2) is 7.15. The zero-order valence-corrected chi connectivity index (χ0v) is 13.4. The van der Waals surface area contributed by atoms with E-state index in [1.165, 1.54) is 24.3 Å². The molecule has 1 amide bonds. The number of alkyl halides is 3. The van der Waals surface area contributed by atoms with Gasteiger partial charge in [-0.1, -0.05) is 60.8 Å².